The topological polar surface area (TPSA) is 18.5 Å². The third-order valence-corrected chi connectivity index (χ3v) is 6.35. The molecule has 1 unspecified atom stereocenters. The van der Waals surface area contributed by atoms with Crippen LogP contribution in [0.15, 0.2) is 96.1 Å². The van der Waals surface area contributed by atoms with E-state index in [0.29, 0.717) is 0 Å². The lowest BCUT2D eigenvalue weighted by Crippen LogP contribution is -2.45. The van der Waals surface area contributed by atoms with Crippen molar-refractivity contribution in [3.63, 3.8) is 0 Å². The molecule has 4 aromatic rings. The van der Waals surface area contributed by atoms with Gasteiger partial charge in [-0.1, -0.05) is 72.3 Å². The van der Waals surface area contributed by atoms with Crippen LogP contribution in [0.4, 0.5) is 0 Å². The van der Waals surface area contributed by atoms with Gasteiger partial charge in [-0.05, 0) is 66.1 Å². The average molecular weight is 417 g/mol. The van der Waals surface area contributed by atoms with Crippen LogP contribution in [0.25, 0.3) is 33.7 Å². The molecule has 2 aliphatic heterocycles. The van der Waals surface area contributed by atoms with Crippen molar-refractivity contribution in [1.29, 1.82) is 0 Å². The quantitative estimate of drug-likeness (QED) is 0.309. The number of fused-ring (bicyclic) bond motifs is 6. The zero-order valence-electron chi connectivity index (χ0n) is 18.3. The Hall–Kier alpha value is -3.78. The van der Waals surface area contributed by atoms with Crippen LogP contribution in [0.3, 0.4) is 0 Å². The van der Waals surface area contributed by atoms with Crippen LogP contribution in [0.2, 0.25) is 0 Å². The fourth-order valence-electron chi connectivity index (χ4n) is 4.69. The van der Waals surface area contributed by atoms with Crippen LogP contribution in [0, 0.1) is 0 Å². The van der Waals surface area contributed by atoms with E-state index in [1.807, 2.05) is 0 Å². The van der Waals surface area contributed by atoms with Crippen molar-refractivity contribution in [3.05, 3.63) is 107 Å². The van der Waals surface area contributed by atoms with Gasteiger partial charge in [-0.3, -0.25) is 0 Å². The first kappa shape index (κ1) is 18.9. The standard InChI is InChI=1S/C30H24O2/c1-20(2)11-14-23-19-27-25-10-6-4-8-22(25)13-16-29(27)32-30(23)18-17-26-24-9-5-3-7-21(24)12-15-28(26)31-30/h3-13,15-19H,14H2,1-2H3. The lowest BCUT2D eigenvalue weighted by molar-refractivity contribution is -0.0423. The maximum Gasteiger partial charge on any atom is 0.295 e. The summed E-state index contributed by atoms with van der Waals surface area (Å²) in [4.78, 5) is 0. The Labute approximate surface area is 188 Å². The summed E-state index contributed by atoms with van der Waals surface area (Å²) in [7, 11) is 0. The monoisotopic (exact) mass is 416 g/mol. The van der Waals surface area contributed by atoms with Crippen molar-refractivity contribution in [3.8, 4) is 11.5 Å². The van der Waals surface area contributed by atoms with Gasteiger partial charge < -0.3 is 9.47 Å². The first-order valence-corrected chi connectivity index (χ1v) is 11.1. The molecule has 0 fully saturated rings. The summed E-state index contributed by atoms with van der Waals surface area (Å²) >= 11 is 0. The molecule has 156 valence electrons. The first-order chi connectivity index (χ1) is 15.6. The largest absolute Gasteiger partial charge is 0.444 e. The van der Waals surface area contributed by atoms with Crippen LogP contribution in [-0.2, 0) is 0 Å². The number of hydrogen-bond donors (Lipinski definition) is 0. The van der Waals surface area contributed by atoms with Crippen molar-refractivity contribution in [2.75, 3.05) is 0 Å². The SMILES string of the molecule is CC(C)=CCC1=Cc2c(ccc3ccccc23)OC12C=Cc1c(ccc3ccccc13)O2. The molecule has 0 aromatic heterocycles. The molecule has 0 saturated carbocycles. The second kappa shape index (κ2) is 7.13. The van der Waals surface area contributed by atoms with Crippen molar-refractivity contribution >= 4 is 33.7 Å². The fourth-order valence-corrected chi connectivity index (χ4v) is 4.69. The molecule has 2 heteroatoms. The molecule has 4 aromatic carbocycles. The second-order valence-electron chi connectivity index (χ2n) is 8.76. The van der Waals surface area contributed by atoms with Crippen LogP contribution >= 0.6 is 0 Å². The molecule has 2 aliphatic rings. The predicted octanol–water partition coefficient (Wildman–Crippen LogP) is 7.93. The molecule has 0 radical (unpaired) electrons. The minimum atomic E-state index is -0.948. The van der Waals surface area contributed by atoms with Crippen molar-refractivity contribution in [1.82, 2.24) is 0 Å². The van der Waals surface area contributed by atoms with Crippen molar-refractivity contribution in [2.45, 2.75) is 26.1 Å². The highest BCUT2D eigenvalue weighted by Gasteiger charge is 2.42. The molecule has 6 rings (SSSR count). The van der Waals surface area contributed by atoms with Gasteiger partial charge in [0, 0.05) is 22.8 Å². The number of allylic oxidation sites excluding steroid dienone is 2. The fraction of sp³-hybridized carbons (Fsp3) is 0.133. The van der Waals surface area contributed by atoms with Gasteiger partial charge in [0.15, 0.2) is 0 Å². The maximum atomic E-state index is 6.68. The normalized spacial score (nSPS) is 18.5. The molecule has 2 nitrogen and oxygen atoms in total. The molecular formula is C30H24O2. The molecule has 0 N–H and O–H groups in total. The average Bonchev–Trinajstić information content (AvgIpc) is 2.82. The van der Waals surface area contributed by atoms with E-state index in [4.69, 9.17) is 9.47 Å². The van der Waals surface area contributed by atoms with Crippen molar-refractivity contribution < 1.29 is 9.47 Å². The van der Waals surface area contributed by atoms with Crippen LogP contribution in [0.1, 0.15) is 31.4 Å². The molecule has 2 heterocycles. The first-order valence-electron chi connectivity index (χ1n) is 11.1. The van der Waals surface area contributed by atoms with Gasteiger partial charge in [0.2, 0.25) is 0 Å². The summed E-state index contributed by atoms with van der Waals surface area (Å²) in [5.41, 5.74) is 4.59. The van der Waals surface area contributed by atoms with Gasteiger partial charge in [-0.2, -0.15) is 0 Å². The van der Waals surface area contributed by atoms with Gasteiger partial charge in [0.05, 0.1) is 0 Å². The minimum absolute atomic E-state index is 0.762. The van der Waals surface area contributed by atoms with Gasteiger partial charge in [-0.25, -0.2) is 0 Å². The van der Waals surface area contributed by atoms with E-state index in [9.17, 15) is 0 Å². The van der Waals surface area contributed by atoms with E-state index in [2.05, 4.69) is 111 Å². The minimum Gasteiger partial charge on any atom is -0.444 e. The Balaban J connectivity index is 1.53. The molecule has 0 bridgehead atoms. The summed E-state index contributed by atoms with van der Waals surface area (Å²) in [6.45, 7) is 4.25. The summed E-state index contributed by atoms with van der Waals surface area (Å²) in [5, 5.41) is 4.80. The second-order valence-corrected chi connectivity index (χ2v) is 8.76. The summed E-state index contributed by atoms with van der Waals surface area (Å²) in [6, 6.07) is 25.2. The summed E-state index contributed by atoms with van der Waals surface area (Å²) < 4.78 is 13.4. The lowest BCUT2D eigenvalue weighted by Gasteiger charge is -2.40. The molecular weight excluding hydrogens is 392 g/mol. The molecule has 0 saturated heterocycles. The van der Waals surface area contributed by atoms with Gasteiger partial charge in [0.1, 0.15) is 11.5 Å². The molecule has 0 aliphatic carbocycles. The highest BCUT2D eigenvalue weighted by molar-refractivity contribution is 5.96. The van der Waals surface area contributed by atoms with Gasteiger partial charge in [0.25, 0.3) is 5.79 Å². The van der Waals surface area contributed by atoms with Gasteiger partial charge >= 0.3 is 0 Å². The molecule has 1 spiro atoms. The number of ether oxygens (including phenoxy) is 2. The van der Waals surface area contributed by atoms with E-state index in [1.165, 1.54) is 27.1 Å². The van der Waals surface area contributed by atoms with Crippen LogP contribution in [-0.4, -0.2) is 5.79 Å². The molecule has 32 heavy (non-hydrogen) atoms. The number of rotatable bonds is 2. The summed E-state index contributed by atoms with van der Waals surface area (Å²) in [6.07, 6.45) is 9.49. The van der Waals surface area contributed by atoms with Crippen LogP contribution < -0.4 is 9.47 Å². The van der Waals surface area contributed by atoms with E-state index in [0.717, 1.165) is 34.6 Å². The molecule has 0 amide bonds. The highest BCUT2D eigenvalue weighted by Crippen LogP contribution is 2.46. The Morgan fingerprint density at radius 2 is 1.34 bits per heavy atom. The van der Waals surface area contributed by atoms with Crippen LogP contribution in [0.5, 0.6) is 11.5 Å². The third-order valence-electron chi connectivity index (χ3n) is 6.35. The van der Waals surface area contributed by atoms with E-state index in [1.54, 1.807) is 0 Å². The Morgan fingerprint density at radius 1 is 0.750 bits per heavy atom. The third kappa shape index (κ3) is 2.95. The Bertz CT molecular complexity index is 1460. The lowest BCUT2D eigenvalue weighted by atomic mass is 9.90. The molecule has 1 atom stereocenters. The number of benzene rings is 4. The van der Waals surface area contributed by atoms with Crippen molar-refractivity contribution in [2.24, 2.45) is 0 Å². The van der Waals surface area contributed by atoms with E-state index < -0.39 is 5.79 Å². The predicted molar refractivity (Wildman–Crippen MR) is 133 cm³/mol. The highest BCUT2D eigenvalue weighted by atomic mass is 16.7. The smallest absolute Gasteiger partial charge is 0.295 e. The van der Waals surface area contributed by atoms with Gasteiger partial charge in [-0.15, -0.1) is 0 Å². The number of hydrogen-bond acceptors (Lipinski definition) is 2. The summed E-state index contributed by atoms with van der Waals surface area (Å²) in [5.74, 6) is 0.744. The Kier molecular flexibility index (Phi) is 4.22. The zero-order chi connectivity index (χ0) is 21.7. The van der Waals surface area contributed by atoms with E-state index >= 15 is 0 Å². The zero-order valence-corrected chi connectivity index (χ0v) is 18.3. The maximum absolute atomic E-state index is 6.68. The Morgan fingerprint density at radius 3 is 2.00 bits per heavy atom. The van der Waals surface area contributed by atoms with E-state index in [-0.39, 0.29) is 0 Å².